The van der Waals surface area contributed by atoms with Gasteiger partial charge in [0.2, 0.25) is 0 Å². The first-order valence-electron chi connectivity index (χ1n) is 4.86. The number of hydrogen-bond donors (Lipinski definition) is 2. The Kier molecular flexibility index (Phi) is 14.4. The number of hydrogen-bond acceptors (Lipinski definition) is 8. The normalized spacial score (nSPS) is 10.9. The minimum absolute atomic E-state index is 0.0947. The van der Waals surface area contributed by atoms with Crippen LogP contribution in [0.1, 0.15) is 0 Å². The van der Waals surface area contributed by atoms with Gasteiger partial charge in [0, 0.05) is 0 Å². The molecule has 0 aromatic rings. The van der Waals surface area contributed by atoms with Crippen LogP contribution in [0.5, 0.6) is 0 Å². The molecule has 0 saturated heterocycles. The van der Waals surface area contributed by atoms with Crippen molar-refractivity contribution in [2.45, 2.75) is 0 Å². The van der Waals surface area contributed by atoms with Gasteiger partial charge in [-0.3, -0.25) is 0 Å². The molecule has 0 rings (SSSR count). The van der Waals surface area contributed by atoms with E-state index >= 15 is 0 Å². The van der Waals surface area contributed by atoms with Gasteiger partial charge in [0.25, 0.3) is 0 Å². The van der Waals surface area contributed by atoms with Crippen LogP contribution in [0.2, 0.25) is 0 Å². The molecule has 0 amide bonds. The van der Waals surface area contributed by atoms with E-state index in [0.29, 0.717) is 0 Å². The second kappa shape index (κ2) is 14.7. The van der Waals surface area contributed by atoms with Gasteiger partial charge in [-0.1, -0.05) is 0 Å². The van der Waals surface area contributed by atoms with Crippen molar-refractivity contribution in [2.75, 3.05) is 52.9 Å². The number of rotatable bonds is 13. The lowest BCUT2D eigenvalue weighted by molar-refractivity contribution is -0.359. The van der Waals surface area contributed by atoms with Gasteiger partial charge < -0.3 is 10.2 Å². The molecule has 0 atom stereocenters. The fourth-order valence-corrected chi connectivity index (χ4v) is 0.564. The smallest absolute Gasteiger partial charge is 0.109 e. The molecule has 0 bridgehead atoms. The molecule has 0 aliphatic carbocycles. The fraction of sp³-hybridized carbons (Fsp3) is 1.00. The molecule has 0 spiro atoms. The summed E-state index contributed by atoms with van der Waals surface area (Å²) in [6.07, 6.45) is 0. The fourth-order valence-electron chi connectivity index (χ4n) is 0.564. The van der Waals surface area contributed by atoms with Crippen LogP contribution in [0.3, 0.4) is 0 Å². The monoisotopic (exact) mass is 242 g/mol. The summed E-state index contributed by atoms with van der Waals surface area (Å²) in [5.41, 5.74) is 0. The summed E-state index contributed by atoms with van der Waals surface area (Å²) >= 11 is 0. The Bertz CT molecular complexity index is 109. The highest BCUT2D eigenvalue weighted by Crippen LogP contribution is 1.84. The maximum absolute atomic E-state index is 8.33. The standard InChI is InChI=1S/C8H18O8/c9-1-3-11-13-5-7-15-16-8-6-14-12-4-2-10/h9-10H,1-8H2. The molecular weight excluding hydrogens is 224 g/mol. The highest BCUT2D eigenvalue weighted by atomic mass is 17.2. The second-order valence-electron chi connectivity index (χ2n) is 2.38. The summed E-state index contributed by atoms with van der Waals surface area (Å²) in [6.45, 7) is 0.842. The van der Waals surface area contributed by atoms with E-state index < -0.39 is 0 Å². The lowest BCUT2D eigenvalue weighted by Gasteiger charge is -2.04. The largest absolute Gasteiger partial charge is 0.394 e. The van der Waals surface area contributed by atoms with Crippen LogP contribution in [-0.4, -0.2) is 63.1 Å². The van der Waals surface area contributed by atoms with Gasteiger partial charge in [-0.25, -0.2) is 29.3 Å². The molecule has 0 radical (unpaired) electrons. The molecule has 0 aromatic carbocycles. The zero-order valence-corrected chi connectivity index (χ0v) is 9.00. The van der Waals surface area contributed by atoms with Crippen LogP contribution in [0.15, 0.2) is 0 Å². The molecule has 98 valence electrons. The van der Waals surface area contributed by atoms with E-state index in [4.69, 9.17) is 10.2 Å². The topological polar surface area (TPSA) is 95.8 Å². The average Bonchev–Trinajstić information content (AvgIpc) is 2.31. The van der Waals surface area contributed by atoms with Crippen molar-refractivity contribution in [1.82, 2.24) is 0 Å². The summed E-state index contributed by atoms with van der Waals surface area (Å²) in [5.74, 6) is 0. The maximum Gasteiger partial charge on any atom is 0.109 e. The van der Waals surface area contributed by atoms with Crippen molar-refractivity contribution in [1.29, 1.82) is 0 Å². The van der Waals surface area contributed by atoms with Crippen LogP contribution in [0, 0.1) is 0 Å². The molecule has 0 aromatic heterocycles. The quantitative estimate of drug-likeness (QED) is 0.236. The van der Waals surface area contributed by atoms with Gasteiger partial charge in [0.05, 0.1) is 13.2 Å². The summed E-state index contributed by atoms with van der Waals surface area (Å²) in [7, 11) is 0. The van der Waals surface area contributed by atoms with Crippen molar-refractivity contribution in [3.8, 4) is 0 Å². The Labute approximate surface area is 93.4 Å². The van der Waals surface area contributed by atoms with Crippen LogP contribution in [0.4, 0.5) is 0 Å². The van der Waals surface area contributed by atoms with Crippen LogP contribution >= 0.6 is 0 Å². The molecular formula is C8H18O8. The van der Waals surface area contributed by atoms with Gasteiger partial charge in [-0.05, 0) is 0 Å². The number of aliphatic hydroxyl groups excluding tert-OH is 2. The molecule has 0 saturated carbocycles. The Balaban J connectivity index is 2.83. The molecule has 0 heterocycles. The minimum atomic E-state index is -0.0947. The van der Waals surface area contributed by atoms with E-state index in [9.17, 15) is 0 Å². The zero-order valence-electron chi connectivity index (χ0n) is 9.00. The lowest BCUT2D eigenvalue weighted by atomic mass is 10.8. The third-order valence-electron chi connectivity index (χ3n) is 1.10. The first-order chi connectivity index (χ1) is 7.91. The summed E-state index contributed by atoms with van der Waals surface area (Å²) in [6, 6.07) is 0. The Morgan fingerprint density at radius 1 is 0.438 bits per heavy atom. The first-order valence-corrected chi connectivity index (χ1v) is 4.86. The predicted molar refractivity (Wildman–Crippen MR) is 49.9 cm³/mol. The van der Waals surface area contributed by atoms with E-state index in [-0.39, 0.29) is 52.9 Å². The zero-order chi connectivity index (χ0) is 11.9. The van der Waals surface area contributed by atoms with E-state index in [1.165, 1.54) is 0 Å². The Morgan fingerprint density at radius 2 is 0.688 bits per heavy atom. The van der Waals surface area contributed by atoms with Crippen molar-refractivity contribution in [3.63, 3.8) is 0 Å². The van der Waals surface area contributed by atoms with Gasteiger partial charge >= 0.3 is 0 Å². The second-order valence-corrected chi connectivity index (χ2v) is 2.38. The van der Waals surface area contributed by atoms with Gasteiger partial charge in [0.1, 0.15) is 39.6 Å². The molecule has 0 aliphatic heterocycles. The van der Waals surface area contributed by atoms with Gasteiger partial charge in [-0.15, -0.1) is 0 Å². The van der Waals surface area contributed by atoms with Gasteiger partial charge in [0.15, 0.2) is 0 Å². The van der Waals surface area contributed by atoms with Crippen molar-refractivity contribution in [2.24, 2.45) is 0 Å². The van der Waals surface area contributed by atoms with E-state index in [1.807, 2.05) is 0 Å². The van der Waals surface area contributed by atoms with E-state index in [2.05, 4.69) is 29.3 Å². The Morgan fingerprint density at radius 3 is 0.938 bits per heavy atom. The molecule has 0 unspecified atom stereocenters. The average molecular weight is 242 g/mol. The molecule has 8 nitrogen and oxygen atoms in total. The summed E-state index contributed by atoms with van der Waals surface area (Å²) < 4.78 is 0. The molecule has 0 aliphatic rings. The molecule has 8 heteroatoms. The number of aliphatic hydroxyl groups is 2. The maximum atomic E-state index is 8.33. The lowest BCUT2D eigenvalue weighted by Crippen LogP contribution is -2.11. The van der Waals surface area contributed by atoms with Gasteiger partial charge in [-0.2, -0.15) is 0 Å². The van der Waals surface area contributed by atoms with Crippen LogP contribution < -0.4 is 0 Å². The minimum Gasteiger partial charge on any atom is -0.394 e. The van der Waals surface area contributed by atoms with E-state index in [0.717, 1.165) is 0 Å². The summed E-state index contributed by atoms with van der Waals surface area (Å²) in [4.78, 5) is 27.5. The highest BCUT2D eigenvalue weighted by Gasteiger charge is 1.93. The van der Waals surface area contributed by atoms with Crippen LogP contribution in [0.25, 0.3) is 0 Å². The van der Waals surface area contributed by atoms with Crippen molar-refractivity contribution < 1.29 is 39.5 Å². The molecule has 16 heavy (non-hydrogen) atoms. The predicted octanol–water partition coefficient (Wildman–Crippen LogP) is -1.18. The van der Waals surface area contributed by atoms with E-state index in [1.54, 1.807) is 0 Å². The third kappa shape index (κ3) is 13.7. The SMILES string of the molecule is OCCOOCCOOCCOOCCO. The highest BCUT2D eigenvalue weighted by molar-refractivity contribution is 4.21. The Hall–Kier alpha value is -0.320. The van der Waals surface area contributed by atoms with Crippen molar-refractivity contribution >= 4 is 0 Å². The molecule has 0 fully saturated rings. The van der Waals surface area contributed by atoms with Crippen LogP contribution in [-0.2, 0) is 29.3 Å². The third-order valence-corrected chi connectivity index (χ3v) is 1.10. The summed E-state index contributed by atoms with van der Waals surface area (Å²) in [5, 5.41) is 16.7. The van der Waals surface area contributed by atoms with Crippen molar-refractivity contribution in [3.05, 3.63) is 0 Å². The molecule has 2 N–H and O–H groups in total. The first kappa shape index (κ1) is 15.7.